The molecule has 0 saturated carbocycles. The largest absolute Gasteiger partial charge is 0.332 e. The molecule has 0 radical (unpaired) electrons. The highest BCUT2D eigenvalue weighted by Gasteiger charge is 2.20. The van der Waals surface area contributed by atoms with Crippen LogP contribution in [0.4, 0.5) is 22.7 Å². The number of nitro groups is 2. The standard InChI is InChI=1S/C22H17N5O6S/c28-20(9-14-5-2-1-3-6-14)23-16-7-4-8-17(12-16)24-22(34)25-21(29)15-10-18(26(30)31)13-19(11-15)27(32)33/h1-8,10-13H,9H2,(H,23,28)(H2,24,25,29,34). The highest BCUT2D eigenvalue weighted by Crippen LogP contribution is 2.23. The molecule has 0 aromatic heterocycles. The molecule has 3 N–H and O–H groups in total. The molecule has 3 rings (SSSR count). The van der Waals surface area contributed by atoms with Gasteiger partial charge in [0.2, 0.25) is 5.91 Å². The third kappa shape index (κ3) is 6.64. The Morgan fingerprint density at radius 2 is 1.38 bits per heavy atom. The van der Waals surface area contributed by atoms with E-state index in [0.717, 1.165) is 23.8 Å². The minimum Gasteiger partial charge on any atom is -0.332 e. The highest BCUT2D eigenvalue weighted by molar-refractivity contribution is 7.80. The van der Waals surface area contributed by atoms with Crippen LogP contribution in [0.2, 0.25) is 0 Å². The monoisotopic (exact) mass is 479 g/mol. The quantitative estimate of drug-likeness (QED) is 0.262. The number of carbonyl (C=O) groups excluding carboxylic acids is 2. The van der Waals surface area contributed by atoms with Crippen LogP contribution in [0.15, 0.2) is 72.8 Å². The summed E-state index contributed by atoms with van der Waals surface area (Å²) in [4.78, 5) is 45.0. The zero-order valence-electron chi connectivity index (χ0n) is 17.4. The van der Waals surface area contributed by atoms with Crippen molar-refractivity contribution in [1.29, 1.82) is 0 Å². The van der Waals surface area contributed by atoms with Crippen molar-refractivity contribution >= 4 is 51.9 Å². The minimum atomic E-state index is -0.864. The average Bonchev–Trinajstić information content (AvgIpc) is 2.79. The van der Waals surface area contributed by atoms with E-state index in [9.17, 15) is 29.8 Å². The number of benzene rings is 3. The summed E-state index contributed by atoms with van der Waals surface area (Å²) in [6, 6.07) is 18.4. The zero-order chi connectivity index (χ0) is 24.7. The molecule has 2 amide bonds. The van der Waals surface area contributed by atoms with Gasteiger partial charge in [-0.15, -0.1) is 0 Å². The van der Waals surface area contributed by atoms with Crippen LogP contribution in [0.3, 0.4) is 0 Å². The number of non-ortho nitro benzene ring substituents is 2. The SMILES string of the molecule is O=C(Cc1ccccc1)Nc1cccc(NC(=S)NC(=O)c2cc([N+](=O)[O-])cc([N+](=O)[O-])c2)c1. The lowest BCUT2D eigenvalue weighted by Crippen LogP contribution is -2.34. The van der Waals surface area contributed by atoms with Gasteiger partial charge in [0, 0.05) is 23.5 Å². The van der Waals surface area contributed by atoms with Crippen LogP contribution in [-0.4, -0.2) is 26.8 Å². The van der Waals surface area contributed by atoms with Crippen molar-refractivity contribution in [1.82, 2.24) is 5.32 Å². The van der Waals surface area contributed by atoms with Crippen LogP contribution in [0.1, 0.15) is 15.9 Å². The molecular formula is C22H17N5O6S. The molecule has 0 fully saturated rings. The van der Waals surface area contributed by atoms with Crippen molar-refractivity contribution in [3.8, 4) is 0 Å². The molecule has 0 aliphatic rings. The predicted molar refractivity (Wildman–Crippen MR) is 129 cm³/mol. The van der Waals surface area contributed by atoms with Crippen molar-refractivity contribution in [2.24, 2.45) is 0 Å². The summed E-state index contributed by atoms with van der Waals surface area (Å²) in [5.41, 5.74) is 0.308. The maximum atomic E-state index is 12.4. The van der Waals surface area contributed by atoms with Gasteiger partial charge in [0.1, 0.15) is 0 Å². The number of rotatable bonds is 7. The Hall–Kier alpha value is -4.71. The fraction of sp³-hybridized carbons (Fsp3) is 0.0455. The number of amides is 2. The van der Waals surface area contributed by atoms with Crippen molar-refractivity contribution in [3.05, 3.63) is 104 Å². The van der Waals surface area contributed by atoms with Crippen LogP contribution in [-0.2, 0) is 11.2 Å². The fourth-order valence-corrected chi connectivity index (χ4v) is 3.15. The minimum absolute atomic E-state index is 0.146. The number of carbonyl (C=O) groups is 2. The summed E-state index contributed by atoms with van der Waals surface area (Å²) in [5, 5.41) is 29.7. The van der Waals surface area contributed by atoms with E-state index in [-0.39, 0.29) is 23.0 Å². The molecule has 0 bridgehead atoms. The van der Waals surface area contributed by atoms with Gasteiger partial charge in [-0.2, -0.15) is 0 Å². The zero-order valence-corrected chi connectivity index (χ0v) is 18.2. The number of anilines is 2. The Labute approximate surface area is 198 Å². The van der Waals surface area contributed by atoms with Crippen molar-refractivity contribution in [2.45, 2.75) is 6.42 Å². The normalized spacial score (nSPS) is 10.1. The molecule has 3 aromatic carbocycles. The van der Waals surface area contributed by atoms with Crippen molar-refractivity contribution < 1.29 is 19.4 Å². The van der Waals surface area contributed by atoms with Crippen LogP contribution >= 0.6 is 12.2 Å². The number of thiocarbonyl (C=S) groups is 1. The maximum Gasteiger partial charge on any atom is 0.277 e. The number of hydrogen-bond donors (Lipinski definition) is 3. The van der Waals surface area contributed by atoms with Gasteiger partial charge in [0.15, 0.2) is 5.11 Å². The Kier molecular flexibility index (Phi) is 7.56. The van der Waals surface area contributed by atoms with E-state index >= 15 is 0 Å². The van der Waals surface area contributed by atoms with Crippen molar-refractivity contribution in [3.63, 3.8) is 0 Å². The van der Waals surface area contributed by atoms with Crippen LogP contribution < -0.4 is 16.0 Å². The molecule has 0 unspecified atom stereocenters. The predicted octanol–water partition coefficient (Wildman–Crippen LogP) is 3.81. The summed E-state index contributed by atoms with van der Waals surface area (Å²) in [5.74, 6) is -1.08. The van der Waals surface area contributed by atoms with Gasteiger partial charge in [-0.25, -0.2) is 0 Å². The molecule has 0 heterocycles. The number of nitro benzene ring substituents is 2. The summed E-state index contributed by atoms with van der Waals surface area (Å²) in [6.45, 7) is 0. The first-order valence-electron chi connectivity index (χ1n) is 9.71. The van der Waals surface area contributed by atoms with E-state index in [1.807, 2.05) is 30.3 Å². The van der Waals surface area contributed by atoms with Gasteiger partial charge in [-0.3, -0.25) is 35.1 Å². The lowest BCUT2D eigenvalue weighted by molar-refractivity contribution is -0.394. The van der Waals surface area contributed by atoms with Crippen LogP contribution in [0.25, 0.3) is 0 Å². The molecule has 0 saturated heterocycles. The van der Waals surface area contributed by atoms with Crippen LogP contribution in [0, 0.1) is 20.2 Å². The Bertz CT molecular complexity index is 1250. The summed E-state index contributed by atoms with van der Waals surface area (Å²) >= 11 is 5.10. The van der Waals surface area contributed by atoms with E-state index in [0.29, 0.717) is 11.4 Å². The van der Waals surface area contributed by atoms with Gasteiger partial charge < -0.3 is 10.6 Å². The van der Waals surface area contributed by atoms with E-state index < -0.39 is 27.1 Å². The van der Waals surface area contributed by atoms with Crippen LogP contribution in [0.5, 0.6) is 0 Å². The van der Waals surface area contributed by atoms with Gasteiger partial charge in [-0.1, -0.05) is 36.4 Å². The second-order valence-electron chi connectivity index (χ2n) is 6.95. The topological polar surface area (TPSA) is 157 Å². The molecule has 0 atom stereocenters. The first kappa shape index (κ1) is 23.9. The third-order valence-corrected chi connectivity index (χ3v) is 4.63. The molecular weight excluding hydrogens is 462 g/mol. The molecule has 0 aliphatic carbocycles. The maximum absolute atomic E-state index is 12.4. The van der Waals surface area contributed by atoms with Crippen molar-refractivity contribution in [2.75, 3.05) is 10.6 Å². The third-order valence-electron chi connectivity index (χ3n) is 4.43. The molecule has 3 aromatic rings. The highest BCUT2D eigenvalue weighted by atomic mass is 32.1. The van der Waals surface area contributed by atoms with Gasteiger partial charge in [0.25, 0.3) is 17.3 Å². The Balaban J connectivity index is 1.64. The first-order chi connectivity index (χ1) is 16.2. The lowest BCUT2D eigenvalue weighted by Gasteiger charge is -2.11. The Morgan fingerprint density at radius 1 is 0.794 bits per heavy atom. The van der Waals surface area contributed by atoms with Gasteiger partial charge >= 0.3 is 0 Å². The first-order valence-corrected chi connectivity index (χ1v) is 10.1. The van der Waals surface area contributed by atoms with E-state index in [1.165, 1.54) is 0 Å². The molecule has 172 valence electrons. The number of hydrogen-bond acceptors (Lipinski definition) is 7. The molecule has 0 spiro atoms. The summed E-state index contributed by atoms with van der Waals surface area (Å²) < 4.78 is 0. The molecule has 11 nitrogen and oxygen atoms in total. The smallest absolute Gasteiger partial charge is 0.277 e. The van der Waals surface area contributed by atoms with Gasteiger partial charge in [-0.05, 0) is 36.0 Å². The summed E-state index contributed by atoms with van der Waals surface area (Å²) in [7, 11) is 0. The van der Waals surface area contributed by atoms with E-state index in [4.69, 9.17) is 12.2 Å². The lowest BCUT2D eigenvalue weighted by atomic mass is 10.1. The average molecular weight is 479 g/mol. The second-order valence-corrected chi connectivity index (χ2v) is 7.36. The summed E-state index contributed by atoms with van der Waals surface area (Å²) in [6.07, 6.45) is 0.197. The van der Waals surface area contributed by atoms with Gasteiger partial charge in [0.05, 0.1) is 27.9 Å². The fourth-order valence-electron chi connectivity index (χ4n) is 2.94. The molecule has 12 heteroatoms. The second kappa shape index (κ2) is 10.7. The molecule has 0 aliphatic heterocycles. The van der Waals surface area contributed by atoms with E-state index in [1.54, 1.807) is 24.3 Å². The number of nitrogens with zero attached hydrogens (tertiary/aromatic N) is 2. The number of nitrogens with one attached hydrogen (secondary N) is 3. The molecule has 34 heavy (non-hydrogen) atoms. The van der Waals surface area contributed by atoms with E-state index in [2.05, 4.69) is 16.0 Å². The Morgan fingerprint density at radius 3 is 1.97 bits per heavy atom.